The highest BCUT2D eigenvalue weighted by Gasteiger charge is 2.12. The lowest BCUT2D eigenvalue weighted by Crippen LogP contribution is -2.33. The molecule has 0 radical (unpaired) electrons. The van der Waals surface area contributed by atoms with E-state index < -0.39 is 0 Å². The average Bonchev–Trinajstić information content (AvgIpc) is 2.93. The average molecular weight is 312 g/mol. The fourth-order valence-corrected chi connectivity index (χ4v) is 3.09. The number of halogens is 2. The van der Waals surface area contributed by atoms with Crippen molar-refractivity contribution in [2.75, 3.05) is 6.54 Å². The van der Waals surface area contributed by atoms with E-state index in [1.165, 1.54) is 10.9 Å². The van der Waals surface area contributed by atoms with E-state index in [-0.39, 0.29) is 10.8 Å². The molecule has 1 N–H and O–H groups in total. The molecule has 2 aromatic rings. The van der Waals surface area contributed by atoms with Crippen LogP contribution in [0.15, 0.2) is 35.7 Å². The summed E-state index contributed by atoms with van der Waals surface area (Å²) in [6, 6.07) is 9.62. The SMILES string of the molecule is CCCNC(Cc1ccc(Cl)c(F)c1)Cc1cccs1. The van der Waals surface area contributed by atoms with Crippen molar-refractivity contribution >= 4 is 22.9 Å². The van der Waals surface area contributed by atoms with Gasteiger partial charge in [0.05, 0.1) is 5.02 Å². The molecule has 0 amide bonds. The van der Waals surface area contributed by atoms with Crippen molar-refractivity contribution in [3.8, 4) is 0 Å². The van der Waals surface area contributed by atoms with Crippen LogP contribution < -0.4 is 5.32 Å². The highest BCUT2D eigenvalue weighted by molar-refractivity contribution is 7.09. The van der Waals surface area contributed by atoms with Gasteiger partial charge in [0.25, 0.3) is 0 Å². The molecule has 0 fully saturated rings. The predicted octanol–water partition coefficient (Wildman–Crippen LogP) is 4.69. The summed E-state index contributed by atoms with van der Waals surface area (Å²) in [6.07, 6.45) is 2.88. The third-order valence-electron chi connectivity index (χ3n) is 3.18. The van der Waals surface area contributed by atoms with Crippen LogP contribution in [0.3, 0.4) is 0 Å². The van der Waals surface area contributed by atoms with Crippen molar-refractivity contribution < 1.29 is 4.39 Å². The van der Waals surface area contributed by atoms with Crippen LogP contribution in [0.1, 0.15) is 23.8 Å². The van der Waals surface area contributed by atoms with Gasteiger partial charge in [-0.2, -0.15) is 0 Å². The van der Waals surface area contributed by atoms with Gasteiger partial charge < -0.3 is 5.32 Å². The van der Waals surface area contributed by atoms with Gasteiger partial charge in [-0.25, -0.2) is 4.39 Å². The summed E-state index contributed by atoms with van der Waals surface area (Å²) in [4.78, 5) is 1.35. The van der Waals surface area contributed by atoms with E-state index in [0.29, 0.717) is 6.04 Å². The van der Waals surface area contributed by atoms with Crippen molar-refractivity contribution in [1.82, 2.24) is 5.32 Å². The smallest absolute Gasteiger partial charge is 0.142 e. The van der Waals surface area contributed by atoms with Crippen LogP contribution in [-0.2, 0) is 12.8 Å². The number of hydrogen-bond donors (Lipinski definition) is 1. The van der Waals surface area contributed by atoms with Crippen LogP contribution in [0, 0.1) is 5.82 Å². The standard InChI is InChI=1S/C16H19ClFNS/c1-2-7-19-13(11-14-4-3-8-20-14)9-12-5-6-15(17)16(18)10-12/h3-6,8,10,13,19H,2,7,9,11H2,1H3. The summed E-state index contributed by atoms with van der Waals surface area (Å²) >= 11 is 7.49. The maximum absolute atomic E-state index is 13.5. The van der Waals surface area contributed by atoms with Crippen molar-refractivity contribution in [2.24, 2.45) is 0 Å². The van der Waals surface area contributed by atoms with Crippen LogP contribution in [0.25, 0.3) is 0 Å². The zero-order valence-corrected chi connectivity index (χ0v) is 13.1. The summed E-state index contributed by atoms with van der Waals surface area (Å²) in [7, 11) is 0. The summed E-state index contributed by atoms with van der Waals surface area (Å²) in [5.41, 5.74) is 0.983. The van der Waals surface area contributed by atoms with Gasteiger partial charge in [0.1, 0.15) is 5.82 Å². The normalized spacial score (nSPS) is 12.6. The molecule has 0 aliphatic rings. The minimum Gasteiger partial charge on any atom is -0.313 e. The molecule has 0 saturated heterocycles. The summed E-state index contributed by atoms with van der Waals surface area (Å²) < 4.78 is 13.5. The first-order valence-electron chi connectivity index (χ1n) is 6.88. The third-order valence-corrected chi connectivity index (χ3v) is 4.38. The van der Waals surface area contributed by atoms with Crippen LogP contribution in [0.4, 0.5) is 4.39 Å². The molecule has 0 aliphatic heterocycles. The Hall–Kier alpha value is -0.900. The first kappa shape index (κ1) is 15.5. The fourth-order valence-electron chi connectivity index (χ4n) is 2.19. The van der Waals surface area contributed by atoms with Gasteiger partial charge in [-0.05, 0) is 54.9 Å². The zero-order chi connectivity index (χ0) is 14.4. The van der Waals surface area contributed by atoms with E-state index in [2.05, 4.69) is 29.8 Å². The Bertz CT molecular complexity index is 527. The molecule has 2 rings (SSSR count). The van der Waals surface area contributed by atoms with Crippen LogP contribution in [0.2, 0.25) is 5.02 Å². The molecule has 108 valence electrons. The number of rotatable bonds is 7. The monoisotopic (exact) mass is 311 g/mol. The van der Waals surface area contributed by atoms with Gasteiger partial charge >= 0.3 is 0 Å². The molecule has 1 aromatic carbocycles. The summed E-state index contributed by atoms with van der Waals surface area (Å²) in [6.45, 7) is 3.13. The molecule has 1 aromatic heterocycles. The largest absolute Gasteiger partial charge is 0.313 e. The van der Waals surface area contributed by atoms with Crippen molar-refractivity contribution in [2.45, 2.75) is 32.2 Å². The topological polar surface area (TPSA) is 12.0 Å². The van der Waals surface area contributed by atoms with Gasteiger partial charge in [0, 0.05) is 10.9 Å². The maximum Gasteiger partial charge on any atom is 0.142 e. The Balaban J connectivity index is 2.04. The van der Waals surface area contributed by atoms with Crippen molar-refractivity contribution in [3.05, 3.63) is 57.0 Å². The number of hydrogen-bond acceptors (Lipinski definition) is 2. The lowest BCUT2D eigenvalue weighted by atomic mass is 10.0. The number of nitrogens with one attached hydrogen (secondary N) is 1. The molecule has 0 aliphatic carbocycles. The second kappa shape index (κ2) is 7.77. The first-order chi connectivity index (χ1) is 9.69. The predicted molar refractivity (Wildman–Crippen MR) is 85.2 cm³/mol. The summed E-state index contributed by atoms with van der Waals surface area (Å²) in [5, 5.41) is 5.82. The van der Waals surface area contributed by atoms with E-state index in [0.717, 1.165) is 31.4 Å². The minimum absolute atomic E-state index is 0.185. The molecular weight excluding hydrogens is 293 g/mol. The Morgan fingerprint density at radius 3 is 2.80 bits per heavy atom. The highest BCUT2D eigenvalue weighted by Crippen LogP contribution is 2.18. The van der Waals surface area contributed by atoms with Crippen molar-refractivity contribution in [1.29, 1.82) is 0 Å². The Morgan fingerprint density at radius 1 is 1.30 bits per heavy atom. The van der Waals surface area contributed by atoms with E-state index in [4.69, 9.17) is 11.6 Å². The Morgan fingerprint density at radius 2 is 2.15 bits per heavy atom. The molecule has 0 saturated carbocycles. The molecule has 4 heteroatoms. The first-order valence-corrected chi connectivity index (χ1v) is 8.14. The minimum atomic E-state index is -0.338. The number of benzene rings is 1. The van der Waals surface area contributed by atoms with Gasteiger partial charge in [-0.15, -0.1) is 11.3 Å². The maximum atomic E-state index is 13.5. The van der Waals surface area contributed by atoms with Crippen molar-refractivity contribution in [3.63, 3.8) is 0 Å². The van der Waals surface area contributed by atoms with E-state index in [1.807, 2.05) is 6.07 Å². The molecular formula is C16H19ClFNS. The zero-order valence-electron chi connectivity index (χ0n) is 11.5. The Labute approximate surface area is 128 Å². The molecule has 1 atom stereocenters. The summed E-state index contributed by atoms with van der Waals surface area (Å²) in [5.74, 6) is -0.338. The van der Waals surface area contributed by atoms with Gasteiger partial charge in [-0.1, -0.05) is 30.7 Å². The van der Waals surface area contributed by atoms with Crippen LogP contribution in [-0.4, -0.2) is 12.6 Å². The van der Waals surface area contributed by atoms with Gasteiger partial charge in [0.2, 0.25) is 0 Å². The van der Waals surface area contributed by atoms with E-state index in [9.17, 15) is 4.39 Å². The van der Waals surface area contributed by atoms with E-state index in [1.54, 1.807) is 17.4 Å². The number of thiophene rings is 1. The molecule has 20 heavy (non-hydrogen) atoms. The van der Waals surface area contributed by atoms with Gasteiger partial charge in [0.15, 0.2) is 0 Å². The third kappa shape index (κ3) is 4.58. The Kier molecular flexibility index (Phi) is 6.02. The second-order valence-electron chi connectivity index (χ2n) is 4.89. The molecule has 0 spiro atoms. The van der Waals surface area contributed by atoms with Crippen LogP contribution >= 0.6 is 22.9 Å². The fraction of sp³-hybridized carbons (Fsp3) is 0.375. The molecule has 0 bridgehead atoms. The molecule has 1 unspecified atom stereocenters. The molecule has 1 nitrogen and oxygen atoms in total. The van der Waals surface area contributed by atoms with Crippen LogP contribution in [0.5, 0.6) is 0 Å². The van der Waals surface area contributed by atoms with E-state index >= 15 is 0 Å². The highest BCUT2D eigenvalue weighted by atomic mass is 35.5. The van der Waals surface area contributed by atoms with Gasteiger partial charge in [-0.3, -0.25) is 0 Å². The second-order valence-corrected chi connectivity index (χ2v) is 6.33. The molecule has 1 heterocycles. The quantitative estimate of drug-likeness (QED) is 0.782. The lowest BCUT2D eigenvalue weighted by molar-refractivity contribution is 0.506. The lowest BCUT2D eigenvalue weighted by Gasteiger charge is -2.18.